The molecular weight excluding hydrogens is 316 g/mol. The van der Waals surface area contributed by atoms with Gasteiger partial charge in [0.05, 0.1) is 17.4 Å². The van der Waals surface area contributed by atoms with Crippen LogP contribution in [-0.2, 0) is 9.53 Å². The van der Waals surface area contributed by atoms with E-state index in [1.807, 2.05) is 17.5 Å². The van der Waals surface area contributed by atoms with Crippen LogP contribution < -0.4 is 0 Å². The van der Waals surface area contributed by atoms with Gasteiger partial charge in [-0.1, -0.05) is 32.3 Å². The SMILES string of the molecule is CCCCCC(O)CC(=O)OC(C)c1nnc(-c2cccs2)o1. The number of carbonyl (C=O) groups is 1. The average molecular weight is 338 g/mol. The molecule has 2 heterocycles. The zero-order valence-electron chi connectivity index (χ0n) is 13.4. The number of aliphatic hydroxyl groups excluding tert-OH is 1. The molecule has 0 fully saturated rings. The lowest BCUT2D eigenvalue weighted by Crippen LogP contribution is -2.17. The van der Waals surface area contributed by atoms with Crippen molar-refractivity contribution in [3.63, 3.8) is 0 Å². The van der Waals surface area contributed by atoms with E-state index in [1.54, 1.807) is 6.92 Å². The minimum atomic E-state index is -0.661. The summed E-state index contributed by atoms with van der Waals surface area (Å²) in [6.45, 7) is 3.77. The van der Waals surface area contributed by atoms with Crippen molar-refractivity contribution in [1.82, 2.24) is 10.2 Å². The van der Waals surface area contributed by atoms with Gasteiger partial charge in [-0.05, 0) is 24.8 Å². The highest BCUT2D eigenvalue weighted by Gasteiger charge is 2.20. The Labute approximate surface area is 139 Å². The van der Waals surface area contributed by atoms with Crippen LogP contribution in [0.1, 0.15) is 57.9 Å². The molecule has 0 aliphatic heterocycles. The minimum Gasteiger partial charge on any atom is -0.452 e. The van der Waals surface area contributed by atoms with Crippen LogP contribution in [0.5, 0.6) is 0 Å². The van der Waals surface area contributed by atoms with Crippen LogP contribution in [0.3, 0.4) is 0 Å². The Morgan fingerprint density at radius 1 is 1.43 bits per heavy atom. The number of hydrogen-bond acceptors (Lipinski definition) is 7. The van der Waals surface area contributed by atoms with Crippen LogP contribution in [0.2, 0.25) is 0 Å². The Morgan fingerprint density at radius 3 is 2.96 bits per heavy atom. The smallest absolute Gasteiger partial charge is 0.309 e. The van der Waals surface area contributed by atoms with Crippen LogP contribution in [0, 0.1) is 0 Å². The number of unbranched alkanes of at least 4 members (excludes halogenated alkanes) is 2. The Hall–Kier alpha value is -1.73. The molecular formula is C16H22N2O4S. The number of hydrogen-bond donors (Lipinski definition) is 1. The van der Waals surface area contributed by atoms with Gasteiger partial charge >= 0.3 is 5.97 Å². The van der Waals surface area contributed by atoms with Crippen LogP contribution in [0.25, 0.3) is 10.8 Å². The molecule has 2 atom stereocenters. The summed E-state index contributed by atoms with van der Waals surface area (Å²) in [6, 6.07) is 3.78. The van der Waals surface area contributed by atoms with Crippen molar-refractivity contribution in [2.45, 2.75) is 58.2 Å². The van der Waals surface area contributed by atoms with Gasteiger partial charge in [0.25, 0.3) is 11.8 Å². The van der Waals surface area contributed by atoms with Crippen LogP contribution >= 0.6 is 11.3 Å². The van der Waals surface area contributed by atoms with Crippen molar-refractivity contribution in [2.24, 2.45) is 0 Å². The molecule has 0 saturated carbocycles. The Balaban J connectivity index is 1.82. The van der Waals surface area contributed by atoms with Gasteiger partial charge in [0.15, 0.2) is 6.10 Å². The topological polar surface area (TPSA) is 85.5 Å². The number of aliphatic hydroxyl groups is 1. The van der Waals surface area contributed by atoms with Gasteiger partial charge in [-0.2, -0.15) is 0 Å². The van der Waals surface area contributed by atoms with E-state index in [-0.39, 0.29) is 12.3 Å². The maximum Gasteiger partial charge on any atom is 0.309 e. The van der Waals surface area contributed by atoms with E-state index in [4.69, 9.17) is 9.15 Å². The summed E-state index contributed by atoms with van der Waals surface area (Å²) in [5.74, 6) is 0.206. The monoisotopic (exact) mass is 338 g/mol. The predicted octanol–water partition coefficient (Wildman–Crippen LogP) is 3.73. The third-order valence-corrected chi connectivity index (χ3v) is 4.23. The summed E-state index contributed by atoms with van der Waals surface area (Å²) in [7, 11) is 0. The van der Waals surface area contributed by atoms with E-state index < -0.39 is 18.2 Å². The molecule has 0 spiro atoms. The van der Waals surface area contributed by atoms with Gasteiger partial charge in [-0.25, -0.2) is 0 Å². The number of nitrogens with zero attached hydrogens (tertiary/aromatic N) is 2. The molecule has 7 heteroatoms. The zero-order valence-corrected chi connectivity index (χ0v) is 14.2. The number of thiophene rings is 1. The van der Waals surface area contributed by atoms with Gasteiger partial charge in [0.1, 0.15) is 0 Å². The van der Waals surface area contributed by atoms with Gasteiger partial charge in [0.2, 0.25) is 0 Å². The molecule has 0 saturated heterocycles. The Kier molecular flexibility index (Phi) is 6.73. The van der Waals surface area contributed by atoms with E-state index >= 15 is 0 Å². The highest BCUT2D eigenvalue weighted by molar-refractivity contribution is 7.13. The highest BCUT2D eigenvalue weighted by atomic mass is 32.1. The van der Waals surface area contributed by atoms with Crippen molar-refractivity contribution < 1.29 is 19.1 Å². The molecule has 0 aliphatic carbocycles. The molecule has 2 unspecified atom stereocenters. The zero-order chi connectivity index (χ0) is 16.7. The molecule has 23 heavy (non-hydrogen) atoms. The summed E-state index contributed by atoms with van der Waals surface area (Å²) in [5, 5.41) is 19.6. The number of aromatic nitrogens is 2. The van der Waals surface area contributed by atoms with Gasteiger partial charge in [0, 0.05) is 0 Å². The molecule has 0 radical (unpaired) electrons. The second-order valence-corrected chi connectivity index (χ2v) is 6.36. The first-order valence-corrected chi connectivity index (χ1v) is 8.73. The fourth-order valence-electron chi connectivity index (χ4n) is 2.12. The third kappa shape index (κ3) is 5.44. The first kappa shape index (κ1) is 17.6. The molecule has 2 aromatic rings. The quantitative estimate of drug-likeness (QED) is 0.554. The maximum atomic E-state index is 11.8. The van der Waals surface area contributed by atoms with E-state index in [9.17, 15) is 9.90 Å². The fraction of sp³-hybridized carbons (Fsp3) is 0.562. The largest absolute Gasteiger partial charge is 0.452 e. The lowest BCUT2D eigenvalue weighted by molar-refractivity contribution is -0.152. The Morgan fingerprint density at radius 2 is 2.26 bits per heavy atom. The molecule has 126 valence electrons. The number of ether oxygens (including phenoxy) is 1. The molecule has 2 rings (SSSR count). The summed E-state index contributed by atoms with van der Waals surface area (Å²) < 4.78 is 10.8. The van der Waals surface area contributed by atoms with Crippen molar-refractivity contribution in [1.29, 1.82) is 0 Å². The fourth-order valence-corrected chi connectivity index (χ4v) is 2.76. The first-order chi connectivity index (χ1) is 11.1. The van der Waals surface area contributed by atoms with Crippen LogP contribution in [-0.4, -0.2) is 27.4 Å². The predicted molar refractivity (Wildman–Crippen MR) is 86.9 cm³/mol. The number of rotatable bonds is 9. The molecule has 0 bridgehead atoms. The highest BCUT2D eigenvalue weighted by Crippen LogP contribution is 2.26. The van der Waals surface area contributed by atoms with E-state index in [0.29, 0.717) is 12.3 Å². The maximum absolute atomic E-state index is 11.8. The van der Waals surface area contributed by atoms with E-state index in [2.05, 4.69) is 17.1 Å². The van der Waals surface area contributed by atoms with Gasteiger partial charge in [-0.15, -0.1) is 21.5 Å². The van der Waals surface area contributed by atoms with Crippen molar-refractivity contribution >= 4 is 17.3 Å². The average Bonchev–Trinajstić information content (AvgIpc) is 3.18. The minimum absolute atomic E-state index is 0.0139. The normalized spacial score (nSPS) is 13.7. The van der Waals surface area contributed by atoms with Crippen LogP contribution in [0.15, 0.2) is 21.9 Å². The second-order valence-electron chi connectivity index (χ2n) is 5.41. The second kappa shape index (κ2) is 8.79. The summed E-state index contributed by atoms with van der Waals surface area (Å²) in [4.78, 5) is 12.7. The third-order valence-electron chi connectivity index (χ3n) is 3.37. The Bertz CT molecular complexity index is 597. The molecule has 6 nitrogen and oxygen atoms in total. The molecule has 0 aromatic carbocycles. The number of carbonyl (C=O) groups excluding carboxylic acids is 1. The molecule has 0 amide bonds. The summed E-state index contributed by atoms with van der Waals surface area (Å²) in [6.07, 6.45) is 2.35. The van der Waals surface area contributed by atoms with Crippen molar-refractivity contribution in [3.8, 4) is 10.8 Å². The van der Waals surface area contributed by atoms with Crippen molar-refractivity contribution in [2.75, 3.05) is 0 Å². The first-order valence-electron chi connectivity index (χ1n) is 7.85. The molecule has 2 aromatic heterocycles. The van der Waals surface area contributed by atoms with E-state index in [1.165, 1.54) is 11.3 Å². The van der Waals surface area contributed by atoms with E-state index in [0.717, 1.165) is 24.1 Å². The molecule has 1 N–H and O–H groups in total. The summed E-state index contributed by atoms with van der Waals surface area (Å²) in [5.41, 5.74) is 0. The van der Waals surface area contributed by atoms with Crippen LogP contribution in [0.4, 0.5) is 0 Å². The van der Waals surface area contributed by atoms with Crippen molar-refractivity contribution in [3.05, 3.63) is 23.4 Å². The lowest BCUT2D eigenvalue weighted by atomic mass is 10.1. The van der Waals surface area contributed by atoms with Gasteiger partial charge in [-0.3, -0.25) is 4.79 Å². The van der Waals surface area contributed by atoms with Gasteiger partial charge < -0.3 is 14.3 Å². The standard InChI is InChI=1S/C16H22N2O4S/c1-3-4-5-7-12(19)10-14(20)21-11(2)15-17-18-16(22-15)13-8-6-9-23-13/h6,8-9,11-12,19H,3-5,7,10H2,1-2H3. The number of esters is 1. The summed E-state index contributed by atoms with van der Waals surface area (Å²) >= 11 is 1.50. The molecule has 0 aliphatic rings. The lowest BCUT2D eigenvalue weighted by Gasteiger charge is -2.12.